The number of ether oxygens (including phenoxy) is 4. The molecule has 7 nitrogen and oxygen atoms in total. The van der Waals surface area contributed by atoms with Crippen LogP contribution in [-0.4, -0.2) is 45.0 Å². The van der Waals surface area contributed by atoms with Crippen LogP contribution in [-0.2, 0) is 20.7 Å². The zero-order valence-electron chi connectivity index (χ0n) is 27.2. The highest BCUT2D eigenvalue weighted by molar-refractivity contribution is 6.32. The first-order chi connectivity index (χ1) is 19.7. The Bertz CT molecular complexity index is 1070. The highest BCUT2D eigenvalue weighted by atomic mass is 35.5. The molecule has 5 atom stereocenters. The van der Waals surface area contributed by atoms with Crippen LogP contribution in [0.1, 0.15) is 105 Å². The molecule has 238 valence electrons. The van der Waals surface area contributed by atoms with Crippen LogP contribution < -0.4 is 14.8 Å². The van der Waals surface area contributed by atoms with Gasteiger partial charge in [-0.2, -0.15) is 0 Å². The van der Waals surface area contributed by atoms with Crippen molar-refractivity contribution in [2.75, 3.05) is 27.4 Å². The first kappa shape index (κ1) is 34.3. The van der Waals surface area contributed by atoms with E-state index >= 15 is 0 Å². The molecule has 3 rings (SSSR count). The summed E-state index contributed by atoms with van der Waals surface area (Å²) in [5.74, 6) is 2.66. The smallest absolute Gasteiger partial charge is 0.407 e. The fourth-order valence-corrected chi connectivity index (χ4v) is 7.77. The molecule has 1 N–H and O–H groups in total. The number of benzene rings is 1. The minimum Gasteiger partial charge on any atom is -0.497 e. The van der Waals surface area contributed by atoms with Gasteiger partial charge < -0.3 is 24.3 Å². The fourth-order valence-electron chi connectivity index (χ4n) is 7.52. The zero-order valence-corrected chi connectivity index (χ0v) is 28.0. The van der Waals surface area contributed by atoms with E-state index in [1.807, 2.05) is 26.8 Å². The van der Waals surface area contributed by atoms with Crippen molar-refractivity contribution in [2.45, 2.75) is 111 Å². The summed E-state index contributed by atoms with van der Waals surface area (Å²) in [6, 6.07) is 3.90. The number of hydrogen-bond donors (Lipinski definition) is 1. The second-order valence-corrected chi connectivity index (χ2v) is 14.4. The number of carbonyl (C=O) groups excluding carboxylic acids is 2. The van der Waals surface area contributed by atoms with E-state index in [0.29, 0.717) is 48.1 Å². The van der Waals surface area contributed by atoms with E-state index in [1.165, 1.54) is 6.42 Å². The van der Waals surface area contributed by atoms with Crippen LogP contribution >= 0.6 is 11.6 Å². The minimum absolute atomic E-state index is 0.0457. The van der Waals surface area contributed by atoms with Gasteiger partial charge in [-0.15, -0.1) is 0 Å². The van der Waals surface area contributed by atoms with E-state index in [1.54, 1.807) is 14.2 Å². The summed E-state index contributed by atoms with van der Waals surface area (Å²) in [6.45, 7) is 13.8. The first-order valence-electron chi connectivity index (χ1n) is 15.8. The monoisotopic (exact) mass is 607 g/mol. The van der Waals surface area contributed by atoms with Crippen molar-refractivity contribution in [1.82, 2.24) is 5.32 Å². The molecule has 2 saturated carbocycles. The predicted octanol–water partition coefficient (Wildman–Crippen LogP) is 8.39. The number of esters is 1. The lowest BCUT2D eigenvalue weighted by Gasteiger charge is -2.60. The predicted molar refractivity (Wildman–Crippen MR) is 167 cm³/mol. The Labute approximate surface area is 258 Å². The SMILES string of the molecule is COc1cc(C[C@@]2(C)[C@@H]3CCC[C@H](COC(=O)CCCCCNC(=O)OC(C)(C)C)[C@@]3(C)CC[C@@H]2C)c(Cl)c(OC)c1. The number of unbranched alkanes of at least 4 members (excludes halogenated alkanes) is 2. The molecule has 1 aromatic rings. The van der Waals surface area contributed by atoms with Gasteiger partial charge in [0.05, 0.1) is 25.8 Å². The third kappa shape index (κ3) is 8.48. The van der Waals surface area contributed by atoms with Gasteiger partial charge in [0.25, 0.3) is 0 Å². The average molecular weight is 608 g/mol. The third-order valence-electron chi connectivity index (χ3n) is 10.1. The second kappa shape index (κ2) is 14.5. The highest BCUT2D eigenvalue weighted by Gasteiger charge is 2.56. The number of halogens is 1. The van der Waals surface area contributed by atoms with Gasteiger partial charge in [-0.25, -0.2) is 4.79 Å². The van der Waals surface area contributed by atoms with Crippen LogP contribution in [0.25, 0.3) is 0 Å². The molecular formula is C34H54ClNO6. The van der Waals surface area contributed by atoms with Crippen LogP contribution in [0.15, 0.2) is 12.1 Å². The minimum atomic E-state index is -0.504. The molecule has 2 aliphatic carbocycles. The van der Waals surface area contributed by atoms with Crippen LogP contribution in [0.4, 0.5) is 4.79 Å². The van der Waals surface area contributed by atoms with E-state index in [0.717, 1.165) is 62.7 Å². The number of carbonyl (C=O) groups is 2. The van der Waals surface area contributed by atoms with Gasteiger partial charge in [0.15, 0.2) is 0 Å². The van der Waals surface area contributed by atoms with Gasteiger partial charge in [0.2, 0.25) is 0 Å². The Hall–Kier alpha value is -2.15. The summed E-state index contributed by atoms with van der Waals surface area (Å²) >= 11 is 6.83. The molecule has 0 aliphatic heterocycles. The molecule has 0 bridgehead atoms. The number of hydrogen-bond acceptors (Lipinski definition) is 6. The van der Waals surface area contributed by atoms with Crippen molar-refractivity contribution < 1.29 is 28.5 Å². The molecule has 0 saturated heterocycles. The Morgan fingerprint density at radius 3 is 2.45 bits per heavy atom. The second-order valence-electron chi connectivity index (χ2n) is 14.0. The Balaban J connectivity index is 1.56. The molecule has 2 aliphatic rings. The lowest BCUT2D eigenvalue weighted by atomic mass is 9.44. The molecule has 1 amide bonds. The number of amides is 1. The number of alkyl carbamates (subject to hydrolysis) is 1. The molecule has 0 unspecified atom stereocenters. The summed E-state index contributed by atoms with van der Waals surface area (Å²) in [4.78, 5) is 24.4. The van der Waals surface area contributed by atoms with Crippen molar-refractivity contribution in [2.24, 2.45) is 28.6 Å². The van der Waals surface area contributed by atoms with Crippen molar-refractivity contribution in [1.29, 1.82) is 0 Å². The molecule has 0 aromatic heterocycles. The number of nitrogens with one attached hydrogen (secondary N) is 1. The maximum atomic E-state index is 12.7. The molecule has 42 heavy (non-hydrogen) atoms. The molecule has 8 heteroatoms. The number of fused-ring (bicyclic) bond motifs is 1. The highest BCUT2D eigenvalue weighted by Crippen LogP contribution is 2.63. The molecule has 0 heterocycles. The summed E-state index contributed by atoms with van der Waals surface area (Å²) in [5, 5.41) is 3.44. The molecule has 1 aromatic carbocycles. The van der Waals surface area contributed by atoms with E-state index < -0.39 is 11.7 Å². The summed E-state index contributed by atoms with van der Waals surface area (Å²) in [7, 11) is 3.31. The molecule has 0 radical (unpaired) electrons. The van der Waals surface area contributed by atoms with Gasteiger partial charge in [0, 0.05) is 19.0 Å². The van der Waals surface area contributed by atoms with E-state index in [2.05, 4.69) is 32.2 Å². The number of methoxy groups -OCH3 is 2. The Morgan fingerprint density at radius 1 is 1.05 bits per heavy atom. The Kier molecular flexibility index (Phi) is 11.9. The van der Waals surface area contributed by atoms with Crippen LogP contribution in [0.3, 0.4) is 0 Å². The van der Waals surface area contributed by atoms with Gasteiger partial charge in [-0.05, 0) is 106 Å². The van der Waals surface area contributed by atoms with E-state index in [9.17, 15) is 9.59 Å². The van der Waals surface area contributed by atoms with E-state index in [-0.39, 0.29) is 16.8 Å². The normalized spacial score (nSPS) is 27.5. The molecular weight excluding hydrogens is 554 g/mol. The zero-order chi connectivity index (χ0) is 31.1. The van der Waals surface area contributed by atoms with E-state index in [4.69, 9.17) is 30.5 Å². The molecule has 0 spiro atoms. The summed E-state index contributed by atoms with van der Waals surface area (Å²) in [5.41, 5.74) is 0.712. The summed E-state index contributed by atoms with van der Waals surface area (Å²) < 4.78 is 22.3. The average Bonchev–Trinajstić information content (AvgIpc) is 2.92. The maximum Gasteiger partial charge on any atom is 0.407 e. The standard InChI is InChI=1S/C34H54ClNO6/c1-23-16-17-33(5)25(22-41-29(37)15-10-9-11-18-36-31(38)42-32(2,3)4)13-12-14-28(33)34(23,6)21-24-19-26(39-7)20-27(40-8)30(24)35/h19-20,23,25,28H,9-18,21-22H2,1-8H3,(H,36,38)/t23-,25+,28+,33+,34+/m0/s1. The van der Waals surface area contributed by atoms with Crippen LogP contribution in [0.5, 0.6) is 11.5 Å². The topological polar surface area (TPSA) is 83.1 Å². The van der Waals surface area contributed by atoms with Crippen molar-refractivity contribution in [3.8, 4) is 11.5 Å². The lowest BCUT2D eigenvalue weighted by Crippen LogP contribution is -2.54. The van der Waals surface area contributed by atoms with Gasteiger partial charge in [0.1, 0.15) is 17.1 Å². The van der Waals surface area contributed by atoms with Gasteiger partial charge >= 0.3 is 12.1 Å². The summed E-state index contributed by atoms with van der Waals surface area (Å²) in [6.07, 6.45) is 8.97. The lowest BCUT2D eigenvalue weighted by molar-refractivity contribution is -0.155. The molecule has 2 fully saturated rings. The fraction of sp³-hybridized carbons (Fsp3) is 0.765. The van der Waals surface area contributed by atoms with Crippen molar-refractivity contribution >= 4 is 23.7 Å². The first-order valence-corrected chi connectivity index (χ1v) is 16.1. The van der Waals surface area contributed by atoms with Crippen molar-refractivity contribution in [3.05, 3.63) is 22.7 Å². The van der Waals surface area contributed by atoms with Gasteiger partial charge in [-0.3, -0.25) is 4.79 Å². The van der Waals surface area contributed by atoms with Gasteiger partial charge in [-0.1, -0.05) is 45.2 Å². The maximum absolute atomic E-state index is 12.7. The largest absolute Gasteiger partial charge is 0.497 e. The third-order valence-corrected chi connectivity index (χ3v) is 10.5. The van der Waals surface area contributed by atoms with Crippen LogP contribution in [0, 0.1) is 28.6 Å². The van der Waals surface area contributed by atoms with Crippen LogP contribution in [0.2, 0.25) is 5.02 Å². The Morgan fingerprint density at radius 2 is 1.79 bits per heavy atom. The number of rotatable bonds is 12. The van der Waals surface area contributed by atoms with Crippen molar-refractivity contribution in [3.63, 3.8) is 0 Å². The quantitative estimate of drug-likeness (QED) is 0.190.